The number of hydrogen-bond acceptors (Lipinski definition) is 3. The predicted octanol–water partition coefficient (Wildman–Crippen LogP) is 1.87. The first-order chi connectivity index (χ1) is 7.58. The predicted molar refractivity (Wildman–Crippen MR) is 64.5 cm³/mol. The summed E-state index contributed by atoms with van der Waals surface area (Å²) in [6, 6.07) is 6.44. The molecule has 1 fully saturated rings. The largest absolute Gasteiger partial charge is 0.313 e. The van der Waals surface area contributed by atoms with Crippen molar-refractivity contribution in [3.63, 3.8) is 0 Å². The second-order valence-corrected chi connectivity index (χ2v) is 6.50. The summed E-state index contributed by atoms with van der Waals surface area (Å²) in [5.41, 5.74) is 0. The van der Waals surface area contributed by atoms with E-state index in [1.807, 2.05) is 0 Å². The highest BCUT2D eigenvalue weighted by atomic mass is 35.5. The molecule has 0 amide bonds. The van der Waals surface area contributed by atoms with Gasteiger partial charge in [0, 0.05) is 11.1 Å². The van der Waals surface area contributed by atoms with E-state index in [-0.39, 0.29) is 11.8 Å². The fraction of sp³-hybridized carbons (Fsp3) is 0.455. The van der Waals surface area contributed by atoms with Crippen LogP contribution < -0.4 is 5.32 Å². The number of halogens is 1. The lowest BCUT2D eigenvalue weighted by molar-refractivity contribution is 0.577. The third-order valence-corrected chi connectivity index (χ3v) is 4.84. The maximum absolute atomic E-state index is 12.0. The smallest absolute Gasteiger partial charge is 0.179 e. The summed E-state index contributed by atoms with van der Waals surface area (Å²) >= 11 is 5.72. The van der Waals surface area contributed by atoms with Crippen LogP contribution in [0.4, 0.5) is 0 Å². The summed E-state index contributed by atoms with van der Waals surface area (Å²) in [6.45, 7) is 0.917. The first kappa shape index (κ1) is 11.9. The van der Waals surface area contributed by atoms with Gasteiger partial charge in [0.2, 0.25) is 0 Å². The van der Waals surface area contributed by atoms with E-state index in [1.165, 1.54) is 0 Å². The molecule has 1 atom stereocenters. The van der Waals surface area contributed by atoms with Gasteiger partial charge in [0.25, 0.3) is 0 Å². The molecule has 16 heavy (non-hydrogen) atoms. The summed E-state index contributed by atoms with van der Waals surface area (Å²) in [4.78, 5) is 0.352. The number of hydrogen-bond donors (Lipinski definition) is 1. The normalized spacial score (nSPS) is 21.2. The Hall–Kier alpha value is -0.580. The van der Waals surface area contributed by atoms with Crippen LogP contribution in [0.15, 0.2) is 29.2 Å². The van der Waals surface area contributed by atoms with Gasteiger partial charge in [-0.2, -0.15) is 0 Å². The van der Waals surface area contributed by atoms with Gasteiger partial charge in [-0.05, 0) is 43.7 Å². The molecule has 2 rings (SSSR count). The van der Waals surface area contributed by atoms with Crippen LogP contribution in [-0.2, 0) is 9.84 Å². The zero-order chi connectivity index (χ0) is 11.6. The van der Waals surface area contributed by atoms with Crippen molar-refractivity contribution in [3.05, 3.63) is 29.3 Å². The van der Waals surface area contributed by atoms with E-state index in [2.05, 4.69) is 5.32 Å². The Labute approximate surface area is 101 Å². The standard InChI is InChI=1S/C11H14ClNO2S/c12-9-3-5-11(6-4-9)16(14,15)8-10-2-1-7-13-10/h3-6,10,13H,1-2,7-8H2/t10-/m0/s1. The van der Waals surface area contributed by atoms with Crippen molar-refractivity contribution in [1.82, 2.24) is 5.32 Å². The van der Waals surface area contributed by atoms with Gasteiger partial charge in [0.05, 0.1) is 10.6 Å². The molecule has 1 aliphatic rings. The molecule has 0 aliphatic carbocycles. The molecule has 1 N–H and O–H groups in total. The summed E-state index contributed by atoms with van der Waals surface area (Å²) in [6.07, 6.45) is 1.99. The molecule has 1 aromatic rings. The highest BCUT2D eigenvalue weighted by molar-refractivity contribution is 7.91. The van der Waals surface area contributed by atoms with E-state index >= 15 is 0 Å². The van der Waals surface area contributed by atoms with Crippen LogP contribution in [0.5, 0.6) is 0 Å². The molecule has 0 radical (unpaired) electrons. The number of sulfone groups is 1. The Morgan fingerprint density at radius 3 is 2.56 bits per heavy atom. The lowest BCUT2D eigenvalue weighted by atomic mass is 10.3. The van der Waals surface area contributed by atoms with Crippen LogP contribution in [0, 0.1) is 0 Å². The van der Waals surface area contributed by atoms with E-state index in [0.717, 1.165) is 19.4 Å². The fourth-order valence-electron chi connectivity index (χ4n) is 1.90. The number of nitrogens with one attached hydrogen (secondary N) is 1. The quantitative estimate of drug-likeness (QED) is 0.901. The van der Waals surface area contributed by atoms with E-state index < -0.39 is 9.84 Å². The molecular weight excluding hydrogens is 246 g/mol. The average molecular weight is 260 g/mol. The summed E-state index contributed by atoms with van der Waals surface area (Å²) < 4.78 is 24.0. The monoisotopic (exact) mass is 259 g/mol. The molecule has 0 aromatic heterocycles. The third kappa shape index (κ3) is 2.75. The van der Waals surface area contributed by atoms with E-state index in [9.17, 15) is 8.42 Å². The topological polar surface area (TPSA) is 46.2 Å². The van der Waals surface area contributed by atoms with Gasteiger partial charge in [-0.15, -0.1) is 0 Å². The van der Waals surface area contributed by atoms with Crippen LogP contribution >= 0.6 is 11.6 Å². The van der Waals surface area contributed by atoms with Crippen molar-refractivity contribution in [3.8, 4) is 0 Å². The minimum Gasteiger partial charge on any atom is -0.313 e. The second kappa shape index (κ2) is 4.73. The molecule has 88 valence electrons. The maximum Gasteiger partial charge on any atom is 0.179 e. The number of rotatable bonds is 3. The van der Waals surface area contributed by atoms with Gasteiger partial charge in [-0.3, -0.25) is 0 Å². The molecule has 1 saturated heterocycles. The van der Waals surface area contributed by atoms with Crippen molar-refractivity contribution < 1.29 is 8.42 Å². The molecule has 1 aromatic carbocycles. The third-order valence-electron chi connectivity index (χ3n) is 2.76. The van der Waals surface area contributed by atoms with Gasteiger partial charge >= 0.3 is 0 Å². The summed E-state index contributed by atoms with van der Waals surface area (Å²) in [5.74, 6) is 0.175. The molecule has 5 heteroatoms. The molecule has 0 unspecified atom stereocenters. The van der Waals surface area contributed by atoms with Gasteiger partial charge in [-0.1, -0.05) is 11.6 Å². The lowest BCUT2D eigenvalue weighted by Crippen LogP contribution is -2.29. The molecule has 1 aliphatic heterocycles. The van der Waals surface area contributed by atoms with Crippen LogP contribution in [-0.4, -0.2) is 26.8 Å². The van der Waals surface area contributed by atoms with Crippen molar-refractivity contribution in [2.45, 2.75) is 23.8 Å². The number of benzene rings is 1. The first-order valence-electron chi connectivity index (χ1n) is 5.30. The van der Waals surface area contributed by atoms with Crippen LogP contribution in [0.25, 0.3) is 0 Å². The van der Waals surface area contributed by atoms with Crippen LogP contribution in [0.2, 0.25) is 5.02 Å². The van der Waals surface area contributed by atoms with E-state index in [4.69, 9.17) is 11.6 Å². The molecule has 0 bridgehead atoms. The van der Waals surface area contributed by atoms with Crippen LogP contribution in [0.1, 0.15) is 12.8 Å². The fourth-order valence-corrected chi connectivity index (χ4v) is 3.59. The Morgan fingerprint density at radius 2 is 2.00 bits per heavy atom. The minimum atomic E-state index is -3.18. The Bertz CT molecular complexity index is 449. The molecule has 1 heterocycles. The van der Waals surface area contributed by atoms with Gasteiger partial charge in [0.1, 0.15) is 0 Å². The Kier molecular flexibility index (Phi) is 3.52. The Balaban J connectivity index is 2.14. The Morgan fingerprint density at radius 1 is 1.31 bits per heavy atom. The average Bonchev–Trinajstić information content (AvgIpc) is 2.70. The van der Waals surface area contributed by atoms with Crippen LogP contribution in [0.3, 0.4) is 0 Å². The lowest BCUT2D eigenvalue weighted by Gasteiger charge is -2.10. The van der Waals surface area contributed by atoms with Crippen molar-refractivity contribution in [2.75, 3.05) is 12.3 Å². The van der Waals surface area contributed by atoms with Gasteiger partial charge in [-0.25, -0.2) is 8.42 Å². The van der Waals surface area contributed by atoms with Crippen molar-refractivity contribution in [2.24, 2.45) is 0 Å². The highest BCUT2D eigenvalue weighted by Gasteiger charge is 2.23. The van der Waals surface area contributed by atoms with Crippen molar-refractivity contribution in [1.29, 1.82) is 0 Å². The summed E-state index contributed by atoms with van der Waals surface area (Å²) in [5, 5.41) is 3.74. The minimum absolute atomic E-state index is 0.0979. The molecule has 0 saturated carbocycles. The summed E-state index contributed by atoms with van der Waals surface area (Å²) in [7, 11) is -3.18. The zero-order valence-electron chi connectivity index (χ0n) is 8.82. The van der Waals surface area contributed by atoms with Crippen molar-refractivity contribution >= 4 is 21.4 Å². The SMILES string of the molecule is O=S(=O)(C[C@@H]1CCCN1)c1ccc(Cl)cc1. The van der Waals surface area contributed by atoms with E-state index in [1.54, 1.807) is 24.3 Å². The van der Waals surface area contributed by atoms with Gasteiger partial charge < -0.3 is 5.32 Å². The molecular formula is C11H14ClNO2S. The maximum atomic E-state index is 12.0. The highest BCUT2D eigenvalue weighted by Crippen LogP contribution is 2.18. The second-order valence-electron chi connectivity index (χ2n) is 4.03. The molecule has 3 nitrogen and oxygen atoms in total. The molecule has 0 spiro atoms. The zero-order valence-corrected chi connectivity index (χ0v) is 10.4. The first-order valence-corrected chi connectivity index (χ1v) is 7.33. The van der Waals surface area contributed by atoms with E-state index in [0.29, 0.717) is 9.92 Å². The van der Waals surface area contributed by atoms with Gasteiger partial charge in [0.15, 0.2) is 9.84 Å².